The summed E-state index contributed by atoms with van der Waals surface area (Å²) in [5.41, 5.74) is 1.55. The zero-order valence-corrected chi connectivity index (χ0v) is 22.8. The van der Waals surface area contributed by atoms with E-state index in [9.17, 15) is 0 Å². The molecule has 1 N–H and O–H groups in total. The van der Waals surface area contributed by atoms with Crippen LogP contribution < -0.4 is 0 Å². The Morgan fingerprint density at radius 3 is 1.15 bits per heavy atom. The van der Waals surface area contributed by atoms with Crippen LogP contribution in [0.1, 0.15) is 142 Å². The number of rotatable bonds is 23. The Bertz CT molecular complexity index is 460. The van der Waals surface area contributed by atoms with Crippen molar-refractivity contribution in [3.8, 4) is 0 Å². The van der Waals surface area contributed by atoms with Gasteiger partial charge in [-0.3, -0.25) is 0 Å². The normalized spacial score (nSPS) is 11.5. The number of hydrogen-bond donors (Lipinski definition) is 0. The molecule has 0 fully saturated rings. The topological polar surface area (TPSA) is 30.0 Å². The maximum Gasteiger partial charge on any atom is 0.104 e. The Morgan fingerprint density at radius 2 is 0.788 bits per heavy atom. The van der Waals surface area contributed by atoms with Crippen molar-refractivity contribution in [3.05, 3.63) is 35.9 Å². The molecule has 2 nitrogen and oxygen atoms in total. The first kappa shape index (κ1) is 32.1. The molecular weight excluding hydrogens is 402 g/mol. The fourth-order valence-electron chi connectivity index (χ4n) is 5.23. The molecule has 0 aliphatic carbocycles. The number of hydrogen-bond acceptors (Lipinski definition) is 1. The second-order valence-corrected chi connectivity index (χ2v) is 10.5. The first-order chi connectivity index (χ1) is 15.8. The van der Waals surface area contributed by atoms with Crippen LogP contribution in [0.15, 0.2) is 30.3 Å². The highest BCUT2D eigenvalue weighted by atomic mass is 16.0. The van der Waals surface area contributed by atoms with Gasteiger partial charge in [0.25, 0.3) is 0 Å². The van der Waals surface area contributed by atoms with Crippen molar-refractivity contribution in [2.24, 2.45) is 0 Å². The van der Waals surface area contributed by atoms with Gasteiger partial charge in [0, 0.05) is 5.56 Å². The van der Waals surface area contributed by atoms with Gasteiger partial charge >= 0.3 is 0 Å². The summed E-state index contributed by atoms with van der Waals surface area (Å²) in [4.78, 5) is 0. The molecule has 0 saturated carbocycles. The summed E-state index contributed by atoms with van der Waals surface area (Å²) in [7, 11) is 0. The van der Waals surface area contributed by atoms with Gasteiger partial charge in [0.05, 0.1) is 19.6 Å². The lowest BCUT2D eigenvalue weighted by Crippen LogP contribution is -2.49. The zero-order chi connectivity index (χ0) is 23.2. The fraction of sp³-hybridized carbons (Fsp3) is 0.806. The average molecular weight is 462 g/mol. The van der Waals surface area contributed by atoms with Crippen molar-refractivity contribution in [2.75, 3.05) is 19.6 Å². The van der Waals surface area contributed by atoms with Crippen LogP contribution in [0.4, 0.5) is 0 Å². The van der Waals surface area contributed by atoms with E-state index in [0.717, 1.165) is 0 Å². The summed E-state index contributed by atoms with van der Waals surface area (Å²) < 4.78 is 1.35. The summed E-state index contributed by atoms with van der Waals surface area (Å²) in [6, 6.07) is 11.4. The molecule has 0 saturated heterocycles. The van der Waals surface area contributed by atoms with E-state index < -0.39 is 0 Å². The third kappa shape index (κ3) is 17.3. The highest BCUT2D eigenvalue weighted by Gasteiger charge is 2.26. The van der Waals surface area contributed by atoms with E-state index in [0.29, 0.717) is 0 Å². The molecular formula is C31H59NO. The highest BCUT2D eigenvalue weighted by Crippen LogP contribution is 2.22. The van der Waals surface area contributed by atoms with Gasteiger partial charge < -0.3 is 9.96 Å². The van der Waals surface area contributed by atoms with E-state index in [1.807, 2.05) is 0 Å². The maximum absolute atomic E-state index is 2.37. The minimum absolute atomic E-state index is 0. The lowest BCUT2D eigenvalue weighted by Gasteiger charge is -2.39. The predicted octanol–water partition coefficient (Wildman–Crippen LogP) is 9.91. The lowest BCUT2D eigenvalue weighted by atomic mass is 10.0. The van der Waals surface area contributed by atoms with Gasteiger partial charge in [-0.15, -0.1) is 0 Å². The molecule has 0 aliphatic rings. The molecule has 0 heterocycles. The van der Waals surface area contributed by atoms with E-state index in [1.165, 1.54) is 146 Å². The van der Waals surface area contributed by atoms with Gasteiger partial charge in [-0.05, 0) is 38.5 Å². The molecule has 0 aliphatic heterocycles. The zero-order valence-electron chi connectivity index (χ0n) is 22.8. The van der Waals surface area contributed by atoms with Crippen LogP contribution in [-0.4, -0.2) is 29.6 Å². The Hall–Kier alpha value is -0.860. The molecule has 1 aromatic carbocycles. The third-order valence-corrected chi connectivity index (χ3v) is 7.32. The summed E-state index contributed by atoms with van der Waals surface area (Å²) in [5, 5.41) is 0. The fourth-order valence-corrected chi connectivity index (χ4v) is 5.23. The number of quaternary nitrogens is 1. The Labute approximate surface area is 208 Å². The van der Waals surface area contributed by atoms with E-state index >= 15 is 0 Å². The molecule has 1 rings (SSSR count). The molecule has 0 unspecified atom stereocenters. The molecule has 194 valence electrons. The van der Waals surface area contributed by atoms with Crippen LogP contribution in [0.3, 0.4) is 0 Å². The second kappa shape index (κ2) is 22.9. The van der Waals surface area contributed by atoms with E-state index in [2.05, 4.69) is 51.1 Å². The average Bonchev–Trinajstić information content (AvgIpc) is 2.81. The van der Waals surface area contributed by atoms with Crippen LogP contribution in [0, 0.1) is 0 Å². The molecule has 1 aromatic rings. The molecule has 0 aromatic heterocycles. The number of nitrogens with zero attached hydrogens (tertiary/aromatic N) is 1. The van der Waals surface area contributed by atoms with Gasteiger partial charge in [-0.1, -0.05) is 128 Å². The van der Waals surface area contributed by atoms with E-state index in [4.69, 9.17) is 0 Å². The van der Waals surface area contributed by atoms with E-state index in [-0.39, 0.29) is 5.48 Å². The monoisotopic (exact) mass is 461 g/mol. The third-order valence-electron chi connectivity index (χ3n) is 7.32. The van der Waals surface area contributed by atoms with Crippen LogP contribution in [-0.2, 0) is 6.54 Å². The molecule has 2 heteroatoms. The molecule has 0 radical (unpaired) electrons. The summed E-state index contributed by atoms with van der Waals surface area (Å²) in [6.07, 6.45) is 25.5. The molecule has 33 heavy (non-hydrogen) atoms. The summed E-state index contributed by atoms with van der Waals surface area (Å²) >= 11 is 0. The van der Waals surface area contributed by atoms with Gasteiger partial charge in [0.15, 0.2) is 0 Å². The minimum atomic E-state index is 0. The van der Waals surface area contributed by atoms with Crippen molar-refractivity contribution < 1.29 is 9.96 Å². The van der Waals surface area contributed by atoms with Gasteiger partial charge in [-0.2, -0.15) is 0 Å². The Kier molecular flexibility index (Phi) is 22.3. The lowest BCUT2D eigenvalue weighted by molar-refractivity contribution is -0.941. The Balaban J connectivity index is 0.0000102. The summed E-state index contributed by atoms with van der Waals surface area (Å²) in [6.45, 7) is 12.4. The van der Waals surface area contributed by atoms with Crippen molar-refractivity contribution in [2.45, 2.75) is 143 Å². The highest BCUT2D eigenvalue weighted by molar-refractivity contribution is 5.13. The van der Waals surface area contributed by atoms with Crippen LogP contribution in [0.25, 0.3) is 0 Å². The van der Waals surface area contributed by atoms with Crippen LogP contribution in [0.5, 0.6) is 0 Å². The van der Waals surface area contributed by atoms with Crippen molar-refractivity contribution >= 4 is 0 Å². The second-order valence-electron chi connectivity index (χ2n) is 10.5. The SMILES string of the molecule is CCCCCCCC[N+](CCCCCCCC)(CCCCCCCC)Cc1ccccc1.[OH-]. The first-order valence-corrected chi connectivity index (χ1v) is 14.7. The molecule has 0 amide bonds. The van der Waals surface area contributed by atoms with Crippen molar-refractivity contribution in [1.29, 1.82) is 0 Å². The predicted molar refractivity (Wildman–Crippen MR) is 147 cm³/mol. The van der Waals surface area contributed by atoms with Gasteiger partial charge in [0.1, 0.15) is 6.54 Å². The maximum atomic E-state index is 2.37. The molecule has 0 bridgehead atoms. The van der Waals surface area contributed by atoms with Crippen LogP contribution in [0.2, 0.25) is 0 Å². The quantitative estimate of drug-likeness (QED) is 0.118. The van der Waals surface area contributed by atoms with Crippen molar-refractivity contribution in [1.82, 2.24) is 0 Å². The van der Waals surface area contributed by atoms with Crippen LogP contribution >= 0.6 is 0 Å². The molecule has 0 spiro atoms. The van der Waals surface area contributed by atoms with Gasteiger partial charge in [-0.25, -0.2) is 0 Å². The number of unbranched alkanes of at least 4 members (excludes halogenated alkanes) is 15. The minimum Gasteiger partial charge on any atom is -0.870 e. The smallest absolute Gasteiger partial charge is 0.104 e. The Morgan fingerprint density at radius 1 is 0.455 bits per heavy atom. The molecule has 0 atom stereocenters. The standard InChI is InChI=1S/C31H58N.H2O/c1-4-7-10-13-16-22-27-32(28-23-17-14-11-8-5-2,29-24-18-15-12-9-6-3)30-31-25-20-19-21-26-31;/h19-21,25-26H,4-18,22-24,27-30H2,1-3H3;1H2/q+1;/p-1. The summed E-state index contributed by atoms with van der Waals surface area (Å²) in [5.74, 6) is 0. The van der Waals surface area contributed by atoms with Crippen molar-refractivity contribution in [3.63, 3.8) is 0 Å². The van der Waals surface area contributed by atoms with E-state index in [1.54, 1.807) is 5.56 Å². The van der Waals surface area contributed by atoms with Gasteiger partial charge in [0.2, 0.25) is 0 Å². The first-order valence-electron chi connectivity index (χ1n) is 14.7. The largest absolute Gasteiger partial charge is 0.870 e. The number of benzene rings is 1.